The average Bonchev–Trinajstić information content (AvgIpc) is 2.87. The Bertz CT molecular complexity index is 1210. The summed E-state index contributed by atoms with van der Waals surface area (Å²) in [7, 11) is 13.3. The van der Waals surface area contributed by atoms with Crippen molar-refractivity contribution in [2.75, 3.05) is 67.2 Å². The van der Waals surface area contributed by atoms with Gasteiger partial charge in [-0.1, -0.05) is 24.3 Å². The highest BCUT2D eigenvalue weighted by atomic mass is 16.3. The van der Waals surface area contributed by atoms with Gasteiger partial charge in [-0.3, -0.25) is 4.79 Å². The van der Waals surface area contributed by atoms with E-state index in [4.69, 9.17) is 0 Å². The number of anilines is 1. The summed E-state index contributed by atoms with van der Waals surface area (Å²) in [5.74, 6) is -0.167. The zero-order chi connectivity index (χ0) is 28.6. The van der Waals surface area contributed by atoms with Crippen LogP contribution in [-0.2, 0) is 17.6 Å². The number of allylic oxidation sites excluding steroid dienone is 3. The molecule has 0 fully saturated rings. The number of Topliss-reactive ketones (excluding diaryl/α,β-unsaturated/α-hetero) is 1. The van der Waals surface area contributed by atoms with Crippen molar-refractivity contribution in [1.29, 1.82) is 0 Å². The van der Waals surface area contributed by atoms with Crippen molar-refractivity contribution in [3.63, 3.8) is 0 Å². The van der Waals surface area contributed by atoms with Gasteiger partial charge in [-0.15, -0.1) is 0 Å². The average molecular weight is 533 g/mol. The number of hydrogen-bond acceptors (Lipinski definition) is 4. The summed E-state index contributed by atoms with van der Waals surface area (Å²) >= 11 is 0. The highest BCUT2D eigenvalue weighted by molar-refractivity contribution is 6.51. The van der Waals surface area contributed by atoms with E-state index in [-0.39, 0.29) is 11.5 Å². The number of rotatable bonds is 13. The van der Waals surface area contributed by atoms with Crippen molar-refractivity contribution >= 4 is 22.9 Å². The van der Waals surface area contributed by atoms with Crippen molar-refractivity contribution in [3.05, 3.63) is 82.6 Å². The van der Waals surface area contributed by atoms with Crippen LogP contribution in [0.15, 0.2) is 76.5 Å². The molecule has 0 heterocycles. The molecule has 39 heavy (non-hydrogen) atoms. The third kappa shape index (κ3) is 10.1. The Labute approximate surface area is 235 Å². The maximum atomic E-state index is 12.9. The van der Waals surface area contributed by atoms with E-state index in [0.717, 1.165) is 58.3 Å². The number of benzene rings is 2. The number of nitrogens with one attached hydrogen (secondary N) is 1. The molecule has 6 heteroatoms. The molecule has 0 bridgehead atoms. The van der Waals surface area contributed by atoms with Gasteiger partial charge in [0.05, 0.1) is 61.1 Å². The Hall–Kier alpha value is -3.22. The summed E-state index contributed by atoms with van der Waals surface area (Å²) in [6.07, 6.45) is 6.77. The highest BCUT2D eigenvalue weighted by Gasteiger charge is 2.24. The molecule has 0 aliphatic heterocycles. The maximum Gasteiger partial charge on any atom is 0.210 e. The van der Waals surface area contributed by atoms with Gasteiger partial charge in [0.25, 0.3) is 0 Å². The van der Waals surface area contributed by atoms with Crippen LogP contribution in [0.3, 0.4) is 0 Å². The Morgan fingerprint density at radius 3 is 2.00 bits per heavy atom. The molecule has 3 rings (SSSR count). The number of carbonyl (C=O) groups is 1. The van der Waals surface area contributed by atoms with E-state index in [9.17, 15) is 9.90 Å². The minimum Gasteiger partial charge on any atom is -0.507 e. The van der Waals surface area contributed by atoms with E-state index < -0.39 is 0 Å². The summed E-state index contributed by atoms with van der Waals surface area (Å²) in [5, 5.41) is 14.2. The summed E-state index contributed by atoms with van der Waals surface area (Å²) in [4.78, 5) is 17.5. The predicted molar refractivity (Wildman–Crippen MR) is 164 cm³/mol. The van der Waals surface area contributed by atoms with Crippen molar-refractivity contribution in [1.82, 2.24) is 0 Å². The van der Waals surface area contributed by atoms with Gasteiger partial charge in [-0.2, -0.15) is 0 Å². The Kier molecular flexibility index (Phi) is 10.3. The fraction of sp³-hybridized carbons (Fsp3) is 0.455. The number of aliphatic hydroxyl groups is 1. The molecule has 0 amide bonds. The first-order chi connectivity index (χ1) is 18.3. The number of quaternary nitrogens is 2. The number of aliphatic hydroxyl groups excluding tert-OH is 1. The zero-order valence-corrected chi connectivity index (χ0v) is 25.1. The van der Waals surface area contributed by atoms with E-state index in [2.05, 4.69) is 89.0 Å². The zero-order valence-electron chi connectivity index (χ0n) is 25.1. The monoisotopic (exact) mass is 532 g/mol. The lowest BCUT2D eigenvalue weighted by atomic mass is 9.91. The molecule has 0 aromatic heterocycles. The minimum atomic E-state index is -0.228. The first-order valence-corrected chi connectivity index (χ1v) is 14.1. The minimum absolute atomic E-state index is 0.0608. The molecule has 6 nitrogen and oxygen atoms in total. The van der Waals surface area contributed by atoms with E-state index in [0.29, 0.717) is 23.3 Å². The molecule has 0 spiro atoms. The third-order valence-electron chi connectivity index (χ3n) is 6.96. The van der Waals surface area contributed by atoms with Gasteiger partial charge in [0.15, 0.2) is 0 Å². The highest BCUT2D eigenvalue weighted by Crippen LogP contribution is 2.26. The fourth-order valence-electron chi connectivity index (χ4n) is 4.60. The Morgan fingerprint density at radius 1 is 0.795 bits per heavy atom. The third-order valence-corrected chi connectivity index (χ3v) is 6.96. The van der Waals surface area contributed by atoms with Crippen molar-refractivity contribution in [2.24, 2.45) is 4.99 Å². The number of aliphatic imine (C=N–C) groups is 1. The van der Waals surface area contributed by atoms with Crippen LogP contribution in [0.1, 0.15) is 37.3 Å². The van der Waals surface area contributed by atoms with E-state index in [1.54, 1.807) is 13.0 Å². The normalized spacial score (nSPS) is 15.6. The van der Waals surface area contributed by atoms with E-state index in [1.165, 1.54) is 18.5 Å². The summed E-state index contributed by atoms with van der Waals surface area (Å²) in [6, 6.07) is 16.4. The molecule has 210 valence electrons. The van der Waals surface area contributed by atoms with Crippen LogP contribution >= 0.6 is 0 Å². The quantitative estimate of drug-likeness (QED) is 0.192. The number of unbranched alkanes of at least 4 members (excludes halogenated alkanes) is 1. The van der Waals surface area contributed by atoms with Crippen LogP contribution in [0, 0.1) is 0 Å². The van der Waals surface area contributed by atoms with E-state index in [1.807, 2.05) is 12.1 Å². The number of carbonyl (C=O) groups excluding carboxylic acids is 1. The van der Waals surface area contributed by atoms with Gasteiger partial charge >= 0.3 is 0 Å². The lowest BCUT2D eigenvalue weighted by molar-refractivity contribution is -0.870. The van der Waals surface area contributed by atoms with Crippen LogP contribution in [0.25, 0.3) is 0 Å². The van der Waals surface area contributed by atoms with Gasteiger partial charge in [0.1, 0.15) is 11.5 Å². The van der Waals surface area contributed by atoms with Gasteiger partial charge in [0, 0.05) is 36.2 Å². The number of hydrogen-bond donors (Lipinski definition) is 2. The molecule has 0 saturated carbocycles. The predicted octanol–water partition coefficient (Wildman–Crippen LogP) is 5.88. The van der Waals surface area contributed by atoms with Crippen LogP contribution in [0.4, 0.5) is 11.4 Å². The van der Waals surface area contributed by atoms with Gasteiger partial charge in [0.2, 0.25) is 5.78 Å². The topological polar surface area (TPSA) is 61.7 Å². The van der Waals surface area contributed by atoms with Crippen molar-refractivity contribution in [3.8, 4) is 0 Å². The molecule has 1 aliphatic rings. The lowest BCUT2D eigenvalue weighted by Crippen LogP contribution is -2.36. The first kappa shape index (κ1) is 30.3. The molecular weight excluding hydrogens is 484 g/mol. The molecule has 1 aliphatic carbocycles. The molecule has 2 aromatic rings. The lowest BCUT2D eigenvalue weighted by Gasteiger charge is -2.23. The molecule has 0 unspecified atom stereocenters. The molecule has 2 N–H and O–H groups in total. The fourth-order valence-corrected chi connectivity index (χ4v) is 4.60. The molecule has 2 aromatic carbocycles. The SMILES string of the molecule is CC1=C(O)C(Cc2ccc(NCCC[N+](C)(C)C)cc2)=CC(=Nc2ccc(CCCC[N+](C)(C)C)cc2)C1=O. The molecular formula is C33H48N4O2+2. The first-order valence-electron chi connectivity index (χ1n) is 14.1. The van der Waals surface area contributed by atoms with Crippen molar-refractivity contribution in [2.45, 2.75) is 39.0 Å². The summed E-state index contributed by atoms with van der Waals surface area (Å²) in [5.41, 5.74) is 5.61. The Balaban J connectivity index is 1.63. The van der Waals surface area contributed by atoms with Gasteiger partial charge < -0.3 is 19.4 Å². The Morgan fingerprint density at radius 2 is 1.38 bits per heavy atom. The number of aryl methyl sites for hydroxylation is 1. The second-order valence-electron chi connectivity index (χ2n) is 12.8. The number of ketones is 1. The molecule has 0 radical (unpaired) electrons. The largest absolute Gasteiger partial charge is 0.507 e. The number of nitrogens with zero attached hydrogens (tertiary/aromatic N) is 3. The second-order valence-corrected chi connectivity index (χ2v) is 12.8. The maximum absolute atomic E-state index is 12.9. The van der Waals surface area contributed by atoms with Gasteiger partial charge in [-0.05, 0) is 67.7 Å². The standard InChI is InChI=1S/C33H47N4O2/c1-25-32(38)28(23-27-14-16-29(17-15-27)34-20-10-22-37(5,6)7)24-31(33(25)39)35-30-18-12-26(13-19-30)11-8-9-21-36(2,3)4/h12-19,24,34H,8-11,20-23H2,1-7H3/q+1/p+1. The van der Waals surface area contributed by atoms with Crippen molar-refractivity contribution < 1.29 is 18.9 Å². The molecule has 0 saturated heterocycles. The summed E-state index contributed by atoms with van der Waals surface area (Å²) in [6.45, 7) is 4.89. The van der Waals surface area contributed by atoms with Crippen LogP contribution in [0.2, 0.25) is 0 Å². The summed E-state index contributed by atoms with van der Waals surface area (Å²) < 4.78 is 1.95. The van der Waals surface area contributed by atoms with E-state index >= 15 is 0 Å². The van der Waals surface area contributed by atoms with Crippen LogP contribution < -0.4 is 5.32 Å². The van der Waals surface area contributed by atoms with Gasteiger partial charge in [-0.25, -0.2) is 4.99 Å². The van der Waals surface area contributed by atoms with Crippen LogP contribution in [-0.4, -0.2) is 87.5 Å². The van der Waals surface area contributed by atoms with Crippen LogP contribution in [0.5, 0.6) is 0 Å². The molecule has 0 atom stereocenters. The second kappa shape index (κ2) is 13.2. The smallest absolute Gasteiger partial charge is 0.210 e.